The highest BCUT2D eigenvalue weighted by molar-refractivity contribution is 9.10. The van der Waals surface area contributed by atoms with Crippen molar-refractivity contribution in [2.75, 3.05) is 11.9 Å². The van der Waals surface area contributed by atoms with Crippen LogP contribution in [0.15, 0.2) is 59.5 Å². The van der Waals surface area contributed by atoms with Gasteiger partial charge in [-0.05, 0) is 45.8 Å². The quantitative estimate of drug-likeness (QED) is 0.201. The van der Waals surface area contributed by atoms with E-state index in [-0.39, 0.29) is 42.5 Å². The third-order valence-electron chi connectivity index (χ3n) is 7.11. The van der Waals surface area contributed by atoms with Crippen molar-refractivity contribution in [1.82, 2.24) is 34.3 Å². The van der Waals surface area contributed by atoms with Gasteiger partial charge in [0.2, 0.25) is 11.8 Å². The molecule has 0 radical (unpaired) electrons. The van der Waals surface area contributed by atoms with Gasteiger partial charge in [0.25, 0.3) is 5.91 Å². The molecule has 3 amide bonds. The maximum atomic E-state index is 14.5. The number of amides is 3. The molecule has 43 heavy (non-hydrogen) atoms. The summed E-state index contributed by atoms with van der Waals surface area (Å²) in [7, 11) is 0. The number of pyridine rings is 1. The lowest BCUT2D eigenvalue weighted by Gasteiger charge is -2.23. The Bertz CT molecular complexity index is 1960. The predicted octanol–water partition coefficient (Wildman–Crippen LogP) is 2.78. The highest BCUT2D eigenvalue weighted by Crippen LogP contribution is 2.28. The summed E-state index contributed by atoms with van der Waals surface area (Å²) in [6.07, 6.45) is 1.75. The number of primary amides is 1. The zero-order valence-electron chi connectivity index (χ0n) is 22.6. The number of carbonyl (C=O) groups is 4. The summed E-state index contributed by atoms with van der Waals surface area (Å²) < 4.78 is 17.8. The highest BCUT2D eigenvalue weighted by Gasteiger charge is 2.40. The molecule has 3 N–H and O–H groups in total. The number of likely N-dealkylation sites (tertiary alicyclic amines) is 1. The molecule has 1 aliphatic rings. The van der Waals surface area contributed by atoms with Gasteiger partial charge in [0.15, 0.2) is 17.1 Å². The molecule has 13 nitrogen and oxygen atoms in total. The number of Topliss-reactive ketones (excluding diaryl/α,β-unsaturated/α-hetero) is 1. The minimum atomic E-state index is -1.38. The molecule has 5 heterocycles. The van der Waals surface area contributed by atoms with Gasteiger partial charge < -0.3 is 16.0 Å². The van der Waals surface area contributed by atoms with Crippen molar-refractivity contribution < 1.29 is 23.6 Å². The van der Waals surface area contributed by atoms with Crippen LogP contribution < -0.4 is 11.1 Å². The van der Waals surface area contributed by atoms with Crippen molar-refractivity contribution >= 4 is 61.8 Å². The average Bonchev–Trinajstić information content (AvgIpc) is 3.67. The Morgan fingerprint density at radius 2 is 1.93 bits per heavy atom. The first-order valence-corrected chi connectivity index (χ1v) is 13.9. The maximum absolute atomic E-state index is 14.5. The summed E-state index contributed by atoms with van der Waals surface area (Å²) in [4.78, 5) is 60.1. The molecule has 0 spiro atoms. The van der Waals surface area contributed by atoms with Gasteiger partial charge in [-0.15, -0.1) is 0 Å². The Labute approximate surface area is 251 Å². The molecular formula is C28H23BrFN9O4. The Morgan fingerprint density at radius 3 is 2.67 bits per heavy atom. The average molecular weight is 648 g/mol. The van der Waals surface area contributed by atoms with E-state index in [1.807, 2.05) is 0 Å². The molecule has 5 aromatic rings. The number of benzene rings is 1. The molecule has 0 saturated carbocycles. The number of nitrogens with two attached hydrogens (primary N) is 1. The number of carbonyl (C=O) groups excluding carboxylic acids is 4. The van der Waals surface area contributed by atoms with E-state index in [1.54, 1.807) is 48.8 Å². The van der Waals surface area contributed by atoms with Gasteiger partial charge in [-0.2, -0.15) is 10.2 Å². The van der Waals surface area contributed by atoms with E-state index in [0.717, 1.165) is 0 Å². The Kier molecular flexibility index (Phi) is 7.17. The van der Waals surface area contributed by atoms with Gasteiger partial charge in [0.1, 0.15) is 34.9 Å². The lowest BCUT2D eigenvalue weighted by Crippen LogP contribution is -2.44. The third-order valence-corrected chi connectivity index (χ3v) is 7.55. The van der Waals surface area contributed by atoms with Gasteiger partial charge in [-0.1, -0.05) is 12.1 Å². The van der Waals surface area contributed by atoms with Crippen molar-refractivity contribution in [3.05, 3.63) is 70.8 Å². The molecule has 4 aromatic heterocycles. The number of nitrogens with one attached hydrogen (secondary N) is 1. The van der Waals surface area contributed by atoms with E-state index in [1.165, 1.54) is 27.1 Å². The summed E-state index contributed by atoms with van der Waals surface area (Å²) in [6.45, 7) is 0.811. The first kappa shape index (κ1) is 28.1. The molecule has 15 heteroatoms. The molecular weight excluding hydrogens is 625 g/mol. The fourth-order valence-corrected chi connectivity index (χ4v) is 5.44. The molecule has 1 saturated heterocycles. The Hall–Kier alpha value is -5.05. The third kappa shape index (κ3) is 5.46. The number of halogens is 2. The van der Waals surface area contributed by atoms with E-state index in [9.17, 15) is 23.6 Å². The van der Waals surface area contributed by atoms with Crippen LogP contribution in [0.3, 0.4) is 0 Å². The first-order chi connectivity index (χ1) is 20.6. The monoisotopic (exact) mass is 647 g/mol. The summed E-state index contributed by atoms with van der Waals surface area (Å²) in [5.41, 5.74) is 7.81. The number of ketones is 1. The summed E-state index contributed by atoms with van der Waals surface area (Å²) in [6, 6.07) is 10.6. The van der Waals surface area contributed by atoms with Gasteiger partial charge >= 0.3 is 0 Å². The zero-order valence-corrected chi connectivity index (χ0v) is 24.2. The van der Waals surface area contributed by atoms with Gasteiger partial charge in [0, 0.05) is 42.8 Å². The number of alkyl halides is 1. The summed E-state index contributed by atoms with van der Waals surface area (Å²) in [5.74, 6) is -1.80. The molecule has 218 valence electrons. The Morgan fingerprint density at radius 1 is 1.12 bits per heavy atom. The van der Waals surface area contributed by atoms with Gasteiger partial charge in [-0.3, -0.25) is 23.9 Å². The van der Waals surface area contributed by atoms with Crippen LogP contribution in [0.1, 0.15) is 34.3 Å². The van der Waals surface area contributed by atoms with Crippen molar-refractivity contribution in [2.45, 2.75) is 32.1 Å². The largest absolute Gasteiger partial charge is 0.364 e. The molecule has 2 atom stereocenters. The summed E-state index contributed by atoms with van der Waals surface area (Å²) in [5, 5.41) is 11.7. The molecule has 1 fully saturated rings. The number of aromatic nitrogens is 6. The number of fused-ring (bicyclic) bond motifs is 2. The number of rotatable bonds is 7. The Balaban J connectivity index is 1.28. The number of anilines is 1. The van der Waals surface area contributed by atoms with E-state index < -0.39 is 29.9 Å². The van der Waals surface area contributed by atoms with Crippen molar-refractivity contribution in [3.63, 3.8) is 0 Å². The maximum Gasteiger partial charge on any atom is 0.269 e. The van der Waals surface area contributed by atoms with E-state index in [0.29, 0.717) is 32.3 Å². The van der Waals surface area contributed by atoms with Crippen LogP contribution in [-0.2, 0) is 16.1 Å². The molecule has 6 rings (SSSR count). The molecule has 1 aromatic carbocycles. The number of nitrogens with zero attached hydrogens (tertiary/aromatic N) is 7. The van der Waals surface area contributed by atoms with Gasteiger partial charge in [-0.25, -0.2) is 18.9 Å². The van der Waals surface area contributed by atoms with E-state index >= 15 is 0 Å². The van der Waals surface area contributed by atoms with Crippen molar-refractivity contribution in [2.24, 2.45) is 5.73 Å². The fraction of sp³-hybridized carbons (Fsp3) is 0.214. The lowest BCUT2D eigenvalue weighted by atomic mass is 10.0. The molecule has 0 bridgehead atoms. The summed E-state index contributed by atoms with van der Waals surface area (Å²) >= 11 is 3.24. The van der Waals surface area contributed by atoms with E-state index in [2.05, 4.69) is 41.4 Å². The predicted molar refractivity (Wildman–Crippen MR) is 156 cm³/mol. The number of hydrogen-bond acceptors (Lipinski definition) is 8. The minimum Gasteiger partial charge on any atom is -0.364 e. The second-order valence-electron chi connectivity index (χ2n) is 10.1. The minimum absolute atomic E-state index is 0.0755. The van der Waals surface area contributed by atoms with Crippen LogP contribution in [-0.4, -0.2) is 76.5 Å². The second kappa shape index (κ2) is 11.0. The van der Waals surface area contributed by atoms with Crippen LogP contribution in [0, 0.1) is 0 Å². The number of hydrogen-bond donors (Lipinski definition) is 2. The second-order valence-corrected chi connectivity index (χ2v) is 10.9. The van der Waals surface area contributed by atoms with Crippen LogP contribution >= 0.6 is 15.9 Å². The van der Waals surface area contributed by atoms with Crippen molar-refractivity contribution in [1.29, 1.82) is 0 Å². The normalized spacial score (nSPS) is 16.6. The lowest BCUT2D eigenvalue weighted by molar-refractivity contribution is -0.137. The van der Waals surface area contributed by atoms with Crippen LogP contribution in [0.5, 0.6) is 0 Å². The van der Waals surface area contributed by atoms with Crippen LogP contribution in [0.2, 0.25) is 0 Å². The van der Waals surface area contributed by atoms with Crippen LogP contribution in [0.4, 0.5) is 10.2 Å². The molecule has 0 aliphatic carbocycles. The zero-order chi connectivity index (χ0) is 30.4. The fourth-order valence-electron chi connectivity index (χ4n) is 5.10. The molecule has 1 aliphatic heterocycles. The van der Waals surface area contributed by atoms with Gasteiger partial charge in [0.05, 0.1) is 12.1 Å². The van der Waals surface area contributed by atoms with Crippen LogP contribution in [0.25, 0.3) is 27.7 Å². The van der Waals surface area contributed by atoms with E-state index in [4.69, 9.17) is 5.73 Å². The topological polar surface area (TPSA) is 170 Å². The SMILES string of the molecule is CC(=O)c1nn(CC(=O)N2C[C@H](F)C[C@H]2C(=O)Nc2cccc(Br)n2)c2ccc(-c3cnc4cc(C(N)=O)nn4c3)cc12. The first-order valence-electron chi connectivity index (χ1n) is 13.1. The smallest absolute Gasteiger partial charge is 0.269 e. The van der Waals surface area contributed by atoms with Crippen molar-refractivity contribution in [3.8, 4) is 11.1 Å². The molecule has 0 unspecified atom stereocenters. The highest BCUT2D eigenvalue weighted by atomic mass is 79.9. The standard InChI is InChI=1S/C28H23BrFN9O4/c1-14(40)26-18-7-15(16-10-32-24-9-19(27(31)42)35-39(24)11-16)5-6-20(18)38(36-26)13-25(41)37-12-17(30)8-21(37)28(43)34-23-4-2-3-22(29)33-23/h2-7,9-11,17,21H,8,12-13H2,1H3,(H2,31,42)(H,33,34,43)/t17-,21+/m1/s1.